The lowest BCUT2D eigenvalue weighted by atomic mass is 10.1. The number of amides is 3. The first-order valence-electron chi connectivity index (χ1n) is 8.96. The molecule has 0 aliphatic heterocycles. The van der Waals surface area contributed by atoms with Crippen LogP contribution in [0.3, 0.4) is 0 Å². The van der Waals surface area contributed by atoms with Gasteiger partial charge in [0.25, 0.3) is 5.91 Å². The second-order valence-electron chi connectivity index (χ2n) is 6.70. The van der Waals surface area contributed by atoms with Crippen molar-refractivity contribution >= 4 is 35.0 Å². The van der Waals surface area contributed by atoms with Crippen molar-refractivity contribution in [2.75, 3.05) is 18.4 Å². The Kier molecular flexibility index (Phi) is 7.58. The standard InChI is InChI=1S/C21H24ClN3O3/c1-14(2)25(21(28)17-6-4-5-7-18(17)22)13-20(27)23-12-19(26)24-16-10-8-15(3)9-11-16/h4-11,14H,12-13H2,1-3H3,(H,23,27)(H,24,26). The molecule has 0 saturated carbocycles. The maximum atomic E-state index is 12.7. The Labute approximate surface area is 169 Å². The first-order chi connectivity index (χ1) is 13.3. The van der Waals surface area contributed by atoms with E-state index in [-0.39, 0.29) is 30.9 Å². The van der Waals surface area contributed by atoms with E-state index in [1.807, 2.05) is 32.9 Å². The minimum atomic E-state index is -0.423. The SMILES string of the molecule is Cc1ccc(NC(=O)CNC(=O)CN(C(=O)c2ccccc2Cl)C(C)C)cc1. The Morgan fingerprint density at radius 1 is 1.00 bits per heavy atom. The zero-order valence-corrected chi connectivity index (χ0v) is 16.9. The van der Waals surface area contributed by atoms with Gasteiger partial charge in [0.05, 0.1) is 17.1 Å². The van der Waals surface area contributed by atoms with Gasteiger partial charge in [-0.2, -0.15) is 0 Å². The zero-order valence-electron chi connectivity index (χ0n) is 16.2. The maximum absolute atomic E-state index is 12.7. The predicted octanol–water partition coefficient (Wildman–Crippen LogP) is 3.25. The summed E-state index contributed by atoms with van der Waals surface area (Å²) < 4.78 is 0. The van der Waals surface area contributed by atoms with Crippen LogP contribution in [0.4, 0.5) is 5.69 Å². The first-order valence-corrected chi connectivity index (χ1v) is 9.34. The maximum Gasteiger partial charge on any atom is 0.256 e. The van der Waals surface area contributed by atoms with E-state index < -0.39 is 5.91 Å². The van der Waals surface area contributed by atoms with Crippen molar-refractivity contribution in [3.8, 4) is 0 Å². The van der Waals surface area contributed by atoms with E-state index >= 15 is 0 Å². The van der Waals surface area contributed by atoms with Gasteiger partial charge in [0.15, 0.2) is 0 Å². The van der Waals surface area contributed by atoms with Crippen LogP contribution < -0.4 is 10.6 Å². The van der Waals surface area contributed by atoms with E-state index in [0.29, 0.717) is 16.3 Å². The fraction of sp³-hybridized carbons (Fsp3) is 0.286. The third kappa shape index (κ3) is 6.09. The molecule has 0 spiro atoms. The molecule has 2 aromatic carbocycles. The molecule has 0 fully saturated rings. The monoisotopic (exact) mass is 401 g/mol. The van der Waals surface area contributed by atoms with Crippen molar-refractivity contribution in [1.82, 2.24) is 10.2 Å². The van der Waals surface area contributed by atoms with E-state index in [4.69, 9.17) is 11.6 Å². The highest BCUT2D eigenvalue weighted by Crippen LogP contribution is 2.18. The molecular formula is C21H24ClN3O3. The zero-order chi connectivity index (χ0) is 20.7. The number of nitrogens with zero attached hydrogens (tertiary/aromatic N) is 1. The Bertz CT molecular complexity index is 850. The molecule has 148 valence electrons. The molecule has 0 aliphatic carbocycles. The minimum Gasteiger partial charge on any atom is -0.345 e. The van der Waals surface area contributed by atoms with E-state index in [1.165, 1.54) is 4.90 Å². The molecule has 2 N–H and O–H groups in total. The van der Waals surface area contributed by atoms with Gasteiger partial charge in [-0.15, -0.1) is 0 Å². The van der Waals surface area contributed by atoms with Crippen LogP contribution in [-0.4, -0.2) is 41.8 Å². The second kappa shape index (κ2) is 9.90. The Balaban J connectivity index is 1.91. The van der Waals surface area contributed by atoms with Crippen LogP contribution in [0.2, 0.25) is 5.02 Å². The van der Waals surface area contributed by atoms with Gasteiger partial charge in [-0.1, -0.05) is 41.4 Å². The van der Waals surface area contributed by atoms with Crippen molar-refractivity contribution in [1.29, 1.82) is 0 Å². The van der Waals surface area contributed by atoms with Crippen LogP contribution in [0.5, 0.6) is 0 Å². The highest BCUT2D eigenvalue weighted by molar-refractivity contribution is 6.33. The predicted molar refractivity (Wildman–Crippen MR) is 110 cm³/mol. The average molecular weight is 402 g/mol. The normalized spacial score (nSPS) is 10.5. The molecule has 0 saturated heterocycles. The minimum absolute atomic E-state index is 0.167. The topological polar surface area (TPSA) is 78.5 Å². The smallest absolute Gasteiger partial charge is 0.256 e. The first kappa shape index (κ1) is 21.4. The largest absolute Gasteiger partial charge is 0.345 e. The lowest BCUT2D eigenvalue weighted by Crippen LogP contribution is -2.45. The average Bonchev–Trinajstić information content (AvgIpc) is 2.66. The summed E-state index contributed by atoms with van der Waals surface area (Å²) in [7, 11) is 0. The van der Waals surface area contributed by atoms with Gasteiger partial charge in [0.2, 0.25) is 11.8 Å². The number of carbonyl (C=O) groups is 3. The third-order valence-electron chi connectivity index (χ3n) is 4.08. The van der Waals surface area contributed by atoms with Gasteiger partial charge in [-0.25, -0.2) is 0 Å². The van der Waals surface area contributed by atoms with Gasteiger partial charge >= 0.3 is 0 Å². The van der Waals surface area contributed by atoms with Crippen molar-refractivity contribution in [3.63, 3.8) is 0 Å². The molecule has 0 unspecified atom stereocenters. The lowest BCUT2D eigenvalue weighted by Gasteiger charge is -2.26. The molecule has 0 bridgehead atoms. The quantitative estimate of drug-likeness (QED) is 0.747. The summed E-state index contributed by atoms with van der Waals surface area (Å²) in [4.78, 5) is 38.4. The number of hydrogen-bond donors (Lipinski definition) is 2. The van der Waals surface area contributed by atoms with E-state index in [2.05, 4.69) is 10.6 Å². The molecule has 0 atom stereocenters. The summed E-state index contributed by atoms with van der Waals surface area (Å²) in [6.45, 7) is 5.23. The summed E-state index contributed by atoms with van der Waals surface area (Å²) in [6, 6.07) is 13.8. The molecule has 6 nitrogen and oxygen atoms in total. The van der Waals surface area contributed by atoms with Crippen molar-refractivity contribution < 1.29 is 14.4 Å². The van der Waals surface area contributed by atoms with Crippen LogP contribution in [0, 0.1) is 6.92 Å². The van der Waals surface area contributed by atoms with Crippen LogP contribution in [-0.2, 0) is 9.59 Å². The van der Waals surface area contributed by atoms with Gasteiger partial charge in [0, 0.05) is 11.7 Å². The molecule has 2 aromatic rings. The van der Waals surface area contributed by atoms with Crippen molar-refractivity contribution in [2.45, 2.75) is 26.8 Å². The van der Waals surface area contributed by atoms with Gasteiger partial charge in [0.1, 0.15) is 6.54 Å². The Hall–Kier alpha value is -2.86. The lowest BCUT2D eigenvalue weighted by molar-refractivity contribution is -0.124. The summed E-state index contributed by atoms with van der Waals surface area (Å²) in [5.41, 5.74) is 2.08. The number of carbonyl (C=O) groups excluding carboxylic acids is 3. The molecule has 0 aromatic heterocycles. The van der Waals surface area contributed by atoms with Gasteiger partial charge < -0.3 is 15.5 Å². The summed E-state index contributed by atoms with van der Waals surface area (Å²) in [5, 5.41) is 5.58. The fourth-order valence-electron chi connectivity index (χ4n) is 2.51. The Morgan fingerprint density at radius 2 is 1.64 bits per heavy atom. The number of halogens is 1. The van der Waals surface area contributed by atoms with E-state index in [1.54, 1.807) is 36.4 Å². The molecular weight excluding hydrogens is 378 g/mol. The molecule has 7 heteroatoms. The highest BCUT2D eigenvalue weighted by Gasteiger charge is 2.23. The molecule has 0 heterocycles. The van der Waals surface area contributed by atoms with Crippen LogP contribution in [0.1, 0.15) is 29.8 Å². The highest BCUT2D eigenvalue weighted by atomic mass is 35.5. The van der Waals surface area contributed by atoms with Crippen LogP contribution in [0.15, 0.2) is 48.5 Å². The third-order valence-corrected chi connectivity index (χ3v) is 4.41. The molecule has 28 heavy (non-hydrogen) atoms. The number of aryl methyl sites for hydroxylation is 1. The summed E-state index contributed by atoms with van der Waals surface area (Å²) >= 11 is 6.09. The van der Waals surface area contributed by atoms with Crippen LogP contribution in [0.25, 0.3) is 0 Å². The number of anilines is 1. The molecule has 0 aliphatic rings. The van der Waals surface area contributed by atoms with Crippen LogP contribution >= 0.6 is 11.6 Å². The van der Waals surface area contributed by atoms with Crippen molar-refractivity contribution in [2.24, 2.45) is 0 Å². The molecule has 3 amide bonds. The summed E-state index contributed by atoms with van der Waals surface area (Å²) in [5.74, 6) is -1.10. The number of nitrogens with one attached hydrogen (secondary N) is 2. The van der Waals surface area contributed by atoms with E-state index in [0.717, 1.165) is 5.56 Å². The number of rotatable bonds is 7. The van der Waals surface area contributed by atoms with Gasteiger partial charge in [-0.3, -0.25) is 14.4 Å². The van der Waals surface area contributed by atoms with E-state index in [9.17, 15) is 14.4 Å². The summed E-state index contributed by atoms with van der Waals surface area (Å²) in [6.07, 6.45) is 0. The van der Waals surface area contributed by atoms with Gasteiger partial charge in [-0.05, 0) is 45.0 Å². The Morgan fingerprint density at radius 3 is 2.25 bits per heavy atom. The number of benzene rings is 2. The van der Waals surface area contributed by atoms with Crippen molar-refractivity contribution in [3.05, 3.63) is 64.7 Å². The molecule has 2 rings (SSSR count). The number of hydrogen-bond acceptors (Lipinski definition) is 3. The second-order valence-corrected chi connectivity index (χ2v) is 7.10. The molecule has 0 radical (unpaired) electrons. The fourth-order valence-corrected chi connectivity index (χ4v) is 2.73.